The van der Waals surface area contributed by atoms with Crippen molar-refractivity contribution in [1.82, 2.24) is 0 Å². The Morgan fingerprint density at radius 1 is 1.36 bits per heavy atom. The summed E-state index contributed by atoms with van der Waals surface area (Å²) in [4.78, 5) is 10.8. The first-order chi connectivity index (χ1) is 6.63. The lowest BCUT2D eigenvalue weighted by atomic mass is 10.0. The molecule has 2 N–H and O–H groups in total. The molecular formula is C11H15NO2. The molecule has 1 amide bonds. The molecule has 0 aliphatic carbocycles. The third kappa shape index (κ3) is 2.85. The highest BCUT2D eigenvalue weighted by atomic mass is 16.3. The molecular weight excluding hydrogens is 178 g/mol. The Morgan fingerprint density at radius 3 is 2.36 bits per heavy atom. The number of carbonyl (C=O) groups is 1. The number of hydrogen-bond acceptors (Lipinski definition) is 2. The maximum Gasteiger partial charge on any atom is 0.250 e. The molecule has 0 unspecified atom stereocenters. The fourth-order valence-corrected chi connectivity index (χ4v) is 1.15. The van der Waals surface area contributed by atoms with Crippen molar-refractivity contribution in [2.24, 2.45) is 0 Å². The standard InChI is InChI=1S/C11H15NO2/c1-8(2)9-3-5-10(6-4-9)12-11(14)7-13/h3-6,8,13H,7H2,1-2H3,(H,12,14). The summed E-state index contributed by atoms with van der Waals surface area (Å²) in [5.74, 6) is 0.0971. The van der Waals surface area contributed by atoms with Gasteiger partial charge in [-0.05, 0) is 23.6 Å². The first-order valence-corrected chi connectivity index (χ1v) is 4.64. The van der Waals surface area contributed by atoms with Crippen LogP contribution in [0.5, 0.6) is 0 Å². The van der Waals surface area contributed by atoms with E-state index in [1.807, 2.05) is 24.3 Å². The largest absolute Gasteiger partial charge is 0.387 e. The van der Waals surface area contributed by atoms with E-state index in [1.54, 1.807) is 0 Å². The minimum absolute atomic E-state index is 0.387. The van der Waals surface area contributed by atoms with Crippen LogP contribution in [0.4, 0.5) is 5.69 Å². The molecule has 3 heteroatoms. The van der Waals surface area contributed by atoms with Gasteiger partial charge in [0.2, 0.25) is 5.91 Å². The average molecular weight is 193 g/mol. The van der Waals surface area contributed by atoms with Crippen LogP contribution in [-0.4, -0.2) is 17.6 Å². The zero-order chi connectivity index (χ0) is 10.6. The Kier molecular flexibility index (Phi) is 3.65. The van der Waals surface area contributed by atoms with E-state index in [9.17, 15) is 4.79 Å². The number of amides is 1. The van der Waals surface area contributed by atoms with Gasteiger partial charge in [0.15, 0.2) is 0 Å². The molecule has 14 heavy (non-hydrogen) atoms. The lowest BCUT2D eigenvalue weighted by Gasteiger charge is -2.07. The number of benzene rings is 1. The molecule has 0 saturated carbocycles. The van der Waals surface area contributed by atoms with Crippen molar-refractivity contribution < 1.29 is 9.90 Å². The van der Waals surface area contributed by atoms with E-state index >= 15 is 0 Å². The minimum atomic E-state index is -0.480. The summed E-state index contributed by atoms with van der Waals surface area (Å²) >= 11 is 0. The highest BCUT2D eigenvalue weighted by molar-refractivity contribution is 5.91. The number of aliphatic hydroxyl groups excluding tert-OH is 1. The summed E-state index contributed by atoms with van der Waals surface area (Å²) in [6.45, 7) is 3.74. The normalized spacial score (nSPS) is 10.3. The molecule has 1 rings (SSSR count). The highest BCUT2D eigenvalue weighted by Gasteiger charge is 2.01. The van der Waals surface area contributed by atoms with Gasteiger partial charge in [0.05, 0.1) is 0 Å². The molecule has 0 atom stereocenters. The van der Waals surface area contributed by atoms with Gasteiger partial charge in [-0.1, -0.05) is 26.0 Å². The lowest BCUT2D eigenvalue weighted by Crippen LogP contribution is -2.15. The molecule has 3 nitrogen and oxygen atoms in total. The van der Waals surface area contributed by atoms with Crippen LogP contribution in [0.1, 0.15) is 25.3 Å². The Labute approximate surface area is 83.8 Å². The van der Waals surface area contributed by atoms with Gasteiger partial charge < -0.3 is 10.4 Å². The van der Waals surface area contributed by atoms with E-state index in [-0.39, 0.29) is 5.91 Å². The number of nitrogens with one attached hydrogen (secondary N) is 1. The van der Waals surface area contributed by atoms with Gasteiger partial charge in [-0.3, -0.25) is 4.79 Å². The average Bonchev–Trinajstić information content (AvgIpc) is 2.18. The summed E-state index contributed by atoms with van der Waals surface area (Å²) in [6, 6.07) is 7.61. The number of carbonyl (C=O) groups excluding carboxylic acids is 1. The SMILES string of the molecule is CC(C)c1ccc(NC(=O)CO)cc1. The van der Waals surface area contributed by atoms with E-state index in [4.69, 9.17) is 5.11 Å². The van der Waals surface area contributed by atoms with Crippen molar-refractivity contribution >= 4 is 11.6 Å². The van der Waals surface area contributed by atoms with Crippen LogP contribution < -0.4 is 5.32 Å². The van der Waals surface area contributed by atoms with Crippen LogP contribution in [0.15, 0.2) is 24.3 Å². The van der Waals surface area contributed by atoms with Crippen molar-refractivity contribution in [3.05, 3.63) is 29.8 Å². The Hall–Kier alpha value is -1.35. The molecule has 0 bridgehead atoms. The molecule has 0 heterocycles. The molecule has 0 aromatic heterocycles. The Bertz CT molecular complexity index is 304. The minimum Gasteiger partial charge on any atom is -0.387 e. The van der Waals surface area contributed by atoms with Crippen molar-refractivity contribution in [2.75, 3.05) is 11.9 Å². The van der Waals surface area contributed by atoms with E-state index in [0.29, 0.717) is 11.6 Å². The van der Waals surface area contributed by atoms with Crippen molar-refractivity contribution in [2.45, 2.75) is 19.8 Å². The molecule has 1 aromatic carbocycles. The van der Waals surface area contributed by atoms with Crippen LogP contribution in [-0.2, 0) is 4.79 Å². The highest BCUT2D eigenvalue weighted by Crippen LogP contribution is 2.16. The van der Waals surface area contributed by atoms with Crippen molar-refractivity contribution in [3.63, 3.8) is 0 Å². The first-order valence-electron chi connectivity index (χ1n) is 4.64. The number of aliphatic hydroxyl groups is 1. The van der Waals surface area contributed by atoms with Crippen LogP contribution in [0, 0.1) is 0 Å². The fraction of sp³-hybridized carbons (Fsp3) is 0.364. The summed E-state index contributed by atoms with van der Waals surface area (Å²) < 4.78 is 0. The van der Waals surface area contributed by atoms with Gasteiger partial charge in [0, 0.05) is 5.69 Å². The van der Waals surface area contributed by atoms with Crippen molar-refractivity contribution in [3.8, 4) is 0 Å². The predicted octanol–water partition coefficient (Wildman–Crippen LogP) is 1.74. The van der Waals surface area contributed by atoms with Gasteiger partial charge in [-0.25, -0.2) is 0 Å². The van der Waals surface area contributed by atoms with E-state index in [2.05, 4.69) is 19.2 Å². The molecule has 0 aliphatic rings. The Morgan fingerprint density at radius 2 is 1.93 bits per heavy atom. The molecule has 76 valence electrons. The van der Waals surface area contributed by atoms with Crippen molar-refractivity contribution in [1.29, 1.82) is 0 Å². The smallest absolute Gasteiger partial charge is 0.250 e. The number of rotatable bonds is 3. The summed E-state index contributed by atoms with van der Waals surface area (Å²) in [5.41, 5.74) is 1.94. The zero-order valence-corrected chi connectivity index (χ0v) is 8.45. The molecule has 0 saturated heterocycles. The van der Waals surface area contributed by atoms with Crippen LogP contribution in [0.25, 0.3) is 0 Å². The van der Waals surface area contributed by atoms with Gasteiger partial charge in [0.25, 0.3) is 0 Å². The second kappa shape index (κ2) is 4.77. The predicted molar refractivity (Wildman–Crippen MR) is 56.2 cm³/mol. The fourth-order valence-electron chi connectivity index (χ4n) is 1.15. The molecule has 0 spiro atoms. The third-order valence-electron chi connectivity index (χ3n) is 2.00. The Balaban J connectivity index is 2.69. The second-order valence-electron chi connectivity index (χ2n) is 3.48. The first kappa shape index (κ1) is 10.7. The summed E-state index contributed by atoms with van der Waals surface area (Å²) in [5, 5.41) is 11.1. The number of hydrogen-bond donors (Lipinski definition) is 2. The molecule has 0 radical (unpaired) electrons. The van der Waals surface area contributed by atoms with E-state index in [1.165, 1.54) is 5.56 Å². The maximum absolute atomic E-state index is 10.8. The monoisotopic (exact) mass is 193 g/mol. The van der Waals surface area contributed by atoms with Gasteiger partial charge >= 0.3 is 0 Å². The quantitative estimate of drug-likeness (QED) is 0.768. The molecule has 1 aromatic rings. The molecule has 0 fully saturated rings. The van der Waals surface area contributed by atoms with E-state index in [0.717, 1.165) is 0 Å². The van der Waals surface area contributed by atoms with Crippen LogP contribution in [0.3, 0.4) is 0 Å². The summed E-state index contributed by atoms with van der Waals surface area (Å²) in [6.07, 6.45) is 0. The van der Waals surface area contributed by atoms with Gasteiger partial charge in [-0.2, -0.15) is 0 Å². The van der Waals surface area contributed by atoms with Gasteiger partial charge in [-0.15, -0.1) is 0 Å². The lowest BCUT2D eigenvalue weighted by molar-refractivity contribution is -0.118. The molecule has 0 aliphatic heterocycles. The zero-order valence-electron chi connectivity index (χ0n) is 8.45. The van der Waals surface area contributed by atoms with Crippen LogP contribution >= 0.6 is 0 Å². The van der Waals surface area contributed by atoms with E-state index < -0.39 is 6.61 Å². The maximum atomic E-state index is 10.8. The topological polar surface area (TPSA) is 49.3 Å². The number of anilines is 1. The third-order valence-corrected chi connectivity index (χ3v) is 2.00. The second-order valence-corrected chi connectivity index (χ2v) is 3.48. The van der Waals surface area contributed by atoms with Crippen LogP contribution in [0.2, 0.25) is 0 Å². The summed E-state index contributed by atoms with van der Waals surface area (Å²) in [7, 11) is 0. The van der Waals surface area contributed by atoms with Gasteiger partial charge in [0.1, 0.15) is 6.61 Å².